The van der Waals surface area contributed by atoms with E-state index < -0.39 is 0 Å². The Balaban J connectivity index is 1.95. The summed E-state index contributed by atoms with van der Waals surface area (Å²) in [5.74, 6) is 1.96. The molecule has 17 heavy (non-hydrogen) atoms. The molecule has 1 aromatic rings. The van der Waals surface area contributed by atoms with Crippen LogP contribution < -0.4 is 5.73 Å². The monoisotopic (exact) mass is 251 g/mol. The number of hydrogen-bond donors (Lipinski definition) is 1. The van der Waals surface area contributed by atoms with Crippen molar-refractivity contribution in [3.8, 4) is 0 Å². The molecule has 2 aliphatic carbocycles. The highest BCUT2D eigenvalue weighted by molar-refractivity contribution is 6.31. The van der Waals surface area contributed by atoms with Gasteiger partial charge in [0.25, 0.3) is 0 Å². The lowest BCUT2D eigenvalue weighted by Crippen LogP contribution is -2.12. The highest BCUT2D eigenvalue weighted by Gasteiger charge is 2.29. The lowest BCUT2D eigenvalue weighted by Gasteiger charge is -2.22. The molecule has 0 saturated heterocycles. The predicted octanol–water partition coefficient (Wildman–Crippen LogP) is 3.64. The van der Waals surface area contributed by atoms with E-state index in [-0.39, 0.29) is 0 Å². The van der Waals surface area contributed by atoms with E-state index in [1.165, 1.54) is 44.9 Å². The van der Waals surface area contributed by atoms with Gasteiger partial charge in [0.1, 0.15) is 5.82 Å². The molecule has 92 valence electrons. The van der Waals surface area contributed by atoms with Gasteiger partial charge >= 0.3 is 0 Å². The third-order valence-electron chi connectivity index (χ3n) is 3.88. The minimum atomic E-state index is 0.461. The zero-order valence-electron chi connectivity index (χ0n) is 9.95. The summed E-state index contributed by atoms with van der Waals surface area (Å²) in [7, 11) is 0. The average molecular weight is 252 g/mol. The van der Waals surface area contributed by atoms with Crippen LogP contribution in [0.3, 0.4) is 0 Å². The van der Waals surface area contributed by atoms with Crippen molar-refractivity contribution < 1.29 is 0 Å². The molecule has 2 saturated carbocycles. The number of rotatable bonds is 2. The van der Waals surface area contributed by atoms with Crippen LogP contribution in [0.1, 0.15) is 68.3 Å². The Hall–Kier alpha value is -0.830. The summed E-state index contributed by atoms with van der Waals surface area (Å²) in [6.45, 7) is 0. The van der Waals surface area contributed by atoms with Crippen molar-refractivity contribution in [2.75, 3.05) is 5.73 Å². The molecule has 2 aliphatic rings. The molecule has 0 unspecified atom stereocenters. The van der Waals surface area contributed by atoms with E-state index in [1.807, 2.05) is 0 Å². The van der Waals surface area contributed by atoms with Crippen LogP contribution in [-0.2, 0) is 0 Å². The minimum absolute atomic E-state index is 0.461. The van der Waals surface area contributed by atoms with E-state index in [9.17, 15) is 0 Å². The quantitative estimate of drug-likeness (QED) is 0.817. The van der Waals surface area contributed by atoms with Gasteiger partial charge in [-0.2, -0.15) is 0 Å². The van der Waals surface area contributed by atoms with Crippen molar-refractivity contribution in [1.29, 1.82) is 0 Å². The highest BCUT2D eigenvalue weighted by atomic mass is 35.5. The van der Waals surface area contributed by atoms with Gasteiger partial charge in [-0.3, -0.25) is 0 Å². The zero-order chi connectivity index (χ0) is 11.8. The number of nitrogens with two attached hydrogens (primary N) is 1. The molecule has 0 atom stereocenters. The lowest BCUT2D eigenvalue weighted by molar-refractivity contribution is 0.436. The summed E-state index contributed by atoms with van der Waals surface area (Å²) in [5, 5.41) is 0.461. The first-order chi connectivity index (χ1) is 8.25. The Morgan fingerprint density at radius 2 is 1.65 bits per heavy atom. The van der Waals surface area contributed by atoms with E-state index in [0.29, 0.717) is 22.7 Å². The van der Waals surface area contributed by atoms with Crippen molar-refractivity contribution in [2.24, 2.45) is 0 Å². The number of aromatic nitrogens is 2. The van der Waals surface area contributed by atoms with Gasteiger partial charge in [-0.1, -0.05) is 30.9 Å². The van der Waals surface area contributed by atoms with Gasteiger partial charge < -0.3 is 5.73 Å². The van der Waals surface area contributed by atoms with Gasteiger partial charge in [-0.05, 0) is 25.7 Å². The van der Waals surface area contributed by atoms with Crippen LogP contribution in [0.4, 0.5) is 5.69 Å². The average Bonchev–Trinajstić information content (AvgIpc) is 3.18. The van der Waals surface area contributed by atoms with Crippen LogP contribution in [0.2, 0.25) is 5.15 Å². The molecule has 0 amide bonds. The SMILES string of the molecule is Nc1c(Cl)nc(C2CC2)nc1C1CCCCC1. The molecule has 4 heteroatoms. The molecule has 2 fully saturated rings. The van der Waals surface area contributed by atoms with E-state index in [0.717, 1.165) is 11.5 Å². The maximum absolute atomic E-state index is 6.13. The van der Waals surface area contributed by atoms with Crippen LogP contribution in [-0.4, -0.2) is 9.97 Å². The first kappa shape index (κ1) is 11.3. The third-order valence-corrected chi connectivity index (χ3v) is 4.17. The fraction of sp³-hybridized carbons (Fsp3) is 0.692. The van der Waals surface area contributed by atoms with Gasteiger partial charge in [0.2, 0.25) is 0 Å². The molecule has 3 nitrogen and oxygen atoms in total. The van der Waals surface area contributed by atoms with Crippen molar-refractivity contribution in [1.82, 2.24) is 9.97 Å². The van der Waals surface area contributed by atoms with Crippen molar-refractivity contribution in [3.05, 3.63) is 16.7 Å². The van der Waals surface area contributed by atoms with Gasteiger partial charge in [0.15, 0.2) is 5.15 Å². The number of anilines is 1. The largest absolute Gasteiger partial charge is 0.395 e. The molecule has 1 aromatic heterocycles. The lowest BCUT2D eigenvalue weighted by atomic mass is 9.86. The van der Waals surface area contributed by atoms with Crippen LogP contribution in [0, 0.1) is 0 Å². The molecule has 1 heterocycles. The Labute approximate surface area is 107 Å². The molecular formula is C13H18ClN3. The van der Waals surface area contributed by atoms with Crippen LogP contribution in [0.5, 0.6) is 0 Å². The second-order valence-corrected chi connectivity index (χ2v) is 5.64. The molecule has 2 N–H and O–H groups in total. The molecule has 0 radical (unpaired) electrons. The smallest absolute Gasteiger partial charge is 0.155 e. The van der Waals surface area contributed by atoms with Gasteiger partial charge in [-0.25, -0.2) is 9.97 Å². The molecular weight excluding hydrogens is 234 g/mol. The van der Waals surface area contributed by atoms with Crippen molar-refractivity contribution >= 4 is 17.3 Å². The maximum atomic E-state index is 6.13. The van der Waals surface area contributed by atoms with Gasteiger partial charge in [0, 0.05) is 11.8 Å². The summed E-state index contributed by atoms with van der Waals surface area (Å²) in [4.78, 5) is 9.02. The molecule has 0 bridgehead atoms. The second kappa shape index (κ2) is 4.45. The van der Waals surface area contributed by atoms with Crippen LogP contribution >= 0.6 is 11.6 Å². The zero-order valence-corrected chi connectivity index (χ0v) is 10.7. The number of nitrogen functional groups attached to an aromatic ring is 1. The molecule has 0 spiro atoms. The topological polar surface area (TPSA) is 51.8 Å². The van der Waals surface area contributed by atoms with Crippen LogP contribution in [0.15, 0.2) is 0 Å². The summed E-state index contributed by atoms with van der Waals surface area (Å²) in [5.41, 5.74) is 7.68. The van der Waals surface area contributed by atoms with E-state index >= 15 is 0 Å². The van der Waals surface area contributed by atoms with Gasteiger partial charge in [0.05, 0.1) is 11.4 Å². The summed E-state index contributed by atoms with van der Waals surface area (Å²) in [6.07, 6.45) is 8.69. The van der Waals surface area contributed by atoms with E-state index in [4.69, 9.17) is 22.3 Å². The normalized spacial score (nSPS) is 21.7. The third kappa shape index (κ3) is 2.25. The highest BCUT2D eigenvalue weighted by Crippen LogP contribution is 2.42. The van der Waals surface area contributed by atoms with Crippen molar-refractivity contribution in [2.45, 2.75) is 56.8 Å². The predicted molar refractivity (Wildman–Crippen MR) is 69.3 cm³/mol. The summed E-state index contributed by atoms with van der Waals surface area (Å²) >= 11 is 6.13. The summed E-state index contributed by atoms with van der Waals surface area (Å²) in [6, 6.07) is 0. The Morgan fingerprint density at radius 3 is 2.29 bits per heavy atom. The fourth-order valence-corrected chi connectivity index (χ4v) is 2.87. The Kier molecular flexibility index (Phi) is 2.95. The molecule has 0 aromatic carbocycles. The molecule has 0 aliphatic heterocycles. The summed E-state index contributed by atoms with van der Waals surface area (Å²) < 4.78 is 0. The number of halogens is 1. The molecule has 3 rings (SSSR count). The maximum Gasteiger partial charge on any atom is 0.155 e. The van der Waals surface area contributed by atoms with Crippen LogP contribution in [0.25, 0.3) is 0 Å². The van der Waals surface area contributed by atoms with Gasteiger partial charge in [-0.15, -0.1) is 0 Å². The second-order valence-electron chi connectivity index (χ2n) is 5.28. The minimum Gasteiger partial charge on any atom is -0.395 e. The standard InChI is InChI=1S/C13H18ClN3/c14-12-10(15)11(8-4-2-1-3-5-8)16-13(17-12)9-6-7-9/h8-9H,1-7,15H2. The first-order valence-corrected chi connectivity index (χ1v) is 6.96. The fourth-order valence-electron chi connectivity index (χ4n) is 2.69. The van der Waals surface area contributed by atoms with E-state index in [2.05, 4.69) is 4.98 Å². The van der Waals surface area contributed by atoms with E-state index in [1.54, 1.807) is 0 Å². The Morgan fingerprint density at radius 1 is 0.941 bits per heavy atom. The number of hydrogen-bond acceptors (Lipinski definition) is 3. The first-order valence-electron chi connectivity index (χ1n) is 6.58. The van der Waals surface area contributed by atoms with Crippen molar-refractivity contribution in [3.63, 3.8) is 0 Å². The Bertz CT molecular complexity index is 423. The number of nitrogens with zero attached hydrogens (tertiary/aromatic N) is 2.